The summed E-state index contributed by atoms with van der Waals surface area (Å²) in [5, 5.41) is 10.2. The maximum atomic E-state index is 13.5. The molecule has 0 radical (unpaired) electrons. The SMILES string of the molecule is Cc1ccc(OC2CCCN(C(=O)C3(c4cccs4)CCCC3)C2)nn1. The molecule has 1 aliphatic carbocycles. The molecule has 3 heterocycles. The lowest BCUT2D eigenvalue weighted by Crippen LogP contribution is -2.51. The lowest BCUT2D eigenvalue weighted by molar-refractivity contribution is -0.140. The van der Waals surface area contributed by atoms with Crippen molar-refractivity contribution in [2.75, 3.05) is 13.1 Å². The van der Waals surface area contributed by atoms with Crippen LogP contribution in [0, 0.1) is 6.92 Å². The molecule has 26 heavy (non-hydrogen) atoms. The highest BCUT2D eigenvalue weighted by atomic mass is 32.1. The van der Waals surface area contributed by atoms with Crippen molar-refractivity contribution >= 4 is 17.2 Å². The third-order valence-corrected chi connectivity index (χ3v) is 6.66. The molecule has 0 aromatic carbocycles. The van der Waals surface area contributed by atoms with Crippen LogP contribution in [0.25, 0.3) is 0 Å². The number of carbonyl (C=O) groups excluding carboxylic acids is 1. The van der Waals surface area contributed by atoms with Gasteiger partial charge in [-0.2, -0.15) is 5.10 Å². The van der Waals surface area contributed by atoms with Crippen LogP contribution in [0.2, 0.25) is 0 Å². The second-order valence-corrected chi connectivity index (χ2v) is 8.36. The number of likely N-dealkylation sites (tertiary alicyclic amines) is 1. The van der Waals surface area contributed by atoms with Gasteiger partial charge in [0.05, 0.1) is 17.7 Å². The number of nitrogens with zero attached hydrogens (tertiary/aromatic N) is 3. The maximum Gasteiger partial charge on any atom is 0.234 e. The molecule has 1 saturated carbocycles. The summed E-state index contributed by atoms with van der Waals surface area (Å²) < 4.78 is 6.01. The molecule has 138 valence electrons. The maximum absolute atomic E-state index is 13.5. The number of hydrogen-bond donors (Lipinski definition) is 0. The molecule has 0 N–H and O–H groups in total. The highest BCUT2D eigenvalue weighted by molar-refractivity contribution is 7.10. The molecule has 5 nitrogen and oxygen atoms in total. The van der Waals surface area contributed by atoms with Gasteiger partial charge >= 0.3 is 0 Å². The summed E-state index contributed by atoms with van der Waals surface area (Å²) in [6.45, 7) is 3.37. The van der Waals surface area contributed by atoms with Gasteiger partial charge in [-0.3, -0.25) is 4.79 Å². The van der Waals surface area contributed by atoms with Gasteiger partial charge in [-0.25, -0.2) is 0 Å². The Morgan fingerprint density at radius 2 is 2.08 bits per heavy atom. The van der Waals surface area contributed by atoms with Gasteiger partial charge in [-0.15, -0.1) is 16.4 Å². The molecule has 1 unspecified atom stereocenters. The smallest absolute Gasteiger partial charge is 0.234 e. The largest absolute Gasteiger partial charge is 0.471 e. The molecule has 1 atom stereocenters. The van der Waals surface area contributed by atoms with Crippen LogP contribution in [-0.4, -0.2) is 40.2 Å². The molecule has 0 spiro atoms. The summed E-state index contributed by atoms with van der Waals surface area (Å²) in [6, 6.07) is 7.95. The molecule has 2 fully saturated rings. The predicted molar refractivity (Wildman–Crippen MR) is 101 cm³/mol. The van der Waals surface area contributed by atoms with Gasteiger partial charge in [0.2, 0.25) is 11.8 Å². The topological polar surface area (TPSA) is 55.3 Å². The number of hydrogen-bond acceptors (Lipinski definition) is 5. The number of aryl methyl sites for hydroxylation is 1. The normalized spacial score (nSPS) is 22.3. The first-order valence-corrected chi connectivity index (χ1v) is 10.4. The summed E-state index contributed by atoms with van der Waals surface area (Å²) in [4.78, 5) is 16.8. The molecule has 1 amide bonds. The monoisotopic (exact) mass is 371 g/mol. The summed E-state index contributed by atoms with van der Waals surface area (Å²) in [6.07, 6.45) is 6.12. The Labute approximate surface area is 158 Å². The highest BCUT2D eigenvalue weighted by Gasteiger charge is 2.46. The van der Waals surface area contributed by atoms with Crippen LogP contribution in [0.4, 0.5) is 0 Å². The first-order valence-electron chi connectivity index (χ1n) is 9.48. The van der Waals surface area contributed by atoms with Crippen molar-refractivity contribution in [3.8, 4) is 5.88 Å². The van der Waals surface area contributed by atoms with Gasteiger partial charge in [-0.05, 0) is 50.1 Å². The molecule has 2 aliphatic rings. The Kier molecular flexibility index (Phi) is 4.94. The van der Waals surface area contributed by atoms with Gasteiger partial charge in [0, 0.05) is 17.5 Å². The minimum Gasteiger partial charge on any atom is -0.471 e. The van der Waals surface area contributed by atoms with E-state index < -0.39 is 0 Å². The molecule has 2 aromatic rings. The minimum atomic E-state index is -0.306. The van der Waals surface area contributed by atoms with Crippen molar-refractivity contribution in [3.63, 3.8) is 0 Å². The van der Waals surface area contributed by atoms with Crippen LogP contribution >= 0.6 is 11.3 Å². The average Bonchev–Trinajstić information content (AvgIpc) is 3.35. The zero-order valence-corrected chi connectivity index (χ0v) is 16.0. The van der Waals surface area contributed by atoms with Crippen LogP contribution in [0.1, 0.15) is 49.1 Å². The Bertz CT molecular complexity index is 739. The van der Waals surface area contributed by atoms with E-state index in [1.165, 1.54) is 4.88 Å². The Hall–Kier alpha value is -1.95. The van der Waals surface area contributed by atoms with Crippen LogP contribution in [-0.2, 0) is 10.2 Å². The fraction of sp³-hybridized carbons (Fsp3) is 0.550. The fourth-order valence-corrected chi connectivity index (χ4v) is 5.21. The van der Waals surface area contributed by atoms with Crippen LogP contribution in [0.3, 0.4) is 0 Å². The molecule has 6 heteroatoms. The van der Waals surface area contributed by atoms with E-state index in [0.29, 0.717) is 18.3 Å². The number of thiophene rings is 1. The van der Waals surface area contributed by atoms with Crippen molar-refractivity contribution in [1.29, 1.82) is 0 Å². The standard InChI is InChI=1S/C20H25N3O2S/c1-15-8-9-18(22-21-15)25-16-6-4-12-23(14-16)19(24)20(10-2-3-11-20)17-7-5-13-26-17/h5,7-9,13,16H,2-4,6,10-12,14H2,1H3. The van der Waals surface area contributed by atoms with Crippen LogP contribution < -0.4 is 4.74 Å². The number of piperidine rings is 1. The van der Waals surface area contributed by atoms with Crippen molar-refractivity contribution in [1.82, 2.24) is 15.1 Å². The van der Waals surface area contributed by atoms with Crippen molar-refractivity contribution in [3.05, 3.63) is 40.2 Å². The molecule has 1 aliphatic heterocycles. The molecule has 2 aromatic heterocycles. The quantitative estimate of drug-likeness (QED) is 0.822. The van der Waals surface area contributed by atoms with E-state index >= 15 is 0 Å². The third kappa shape index (κ3) is 3.34. The number of ether oxygens (including phenoxy) is 1. The summed E-state index contributed by atoms with van der Waals surface area (Å²) in [5.41, 5.74) is 0.566. The Balaban J connectivity index is 1.48. The van der Waals surface area contributed by atoms with E-state index in [1.807, 2.05) is 24.0 Å². The average molecular weight is 372 g/mol. The van der Waals surface area contributed by atoms with E-state index in [2.05, 4.69) is 27.7 Å². The first-order chi connectivity index (χ1) is 12.7. The zero-order chi connectivity index (χ0) is 18.0. The summed E-state index contributed by atoms with van der Waals surface area (Å²) >= 11 is 1.72. The molecule has 1 saturated heterocycles. The van der Waals surface area contributed by atoms with Crippen molar-refractivity contribution < 1.29 is 9.53 Å². The summed E-state index contributed by atoms with van der Waals surface area (Å²) in [5.74, 6) is 0.837. The van der Waals surface area contributed by atoms with E-state index in [4.69, 9.17) is 4.74 Å². The van der Waals surface area contributed by atoms with E-state index in [9.17, 15) is 4.79 Å². The zero-order valence-electron chi connectivity index (χ0n) is 15.2. The van der Waals surface area contributed by atoms with E-state index in [0.717, 1.165) is 50.8 Å². The molecule has 4 rings (SSSR count). The molecular weight excluding hydrogens is 346 g/mol. The lowest BCUT2D eigenvalue weighted by atomic mass is 9.82. The van der Waals surface area contributed by atoms with E-state index in [1.54, 1.807) is 11.3 Å². The first kappa shape index (κ1) is 17.5. The number of rotatable bonds is 4. The number of amides is 1. The molecular formula is C20H25N3O2S. The highest BCUT2D eigenvalue weighted by Crippen LogP contribution is 2.44. The lowest BCUT2D eigenvalue weighted by Gasteiger charge is -2.38. The van der Waals surface area contributed by atoms with Gasteiger partial charge in [0.1, 0.15) is 6.10 Å². The Morgan fingerprint density at radius 1 is 1.23 bits per heavy atom. The van der Waals surface area contributed by atoms with E-state index in [-0.39, 0.29) is 11.5 Å². The van der Waals surface area contributed by atoms with Gasteiger partial charge in [0.15, 0.2) is 0 Å². The van der Waals surface area contributed by atoms with Gasteiger partial charge in [0.25, 0.3) is 0 Å². The van der Waals surface area contributed by atoms with Crippen molar-refractivity contribution in [2.24, 2.45) is 0 Å². The second-order valence-electron chi connectivity index (χ2n) is 7.41. The number of carbonyl (C=O) groups is 1. The fourth-order valence-electron chi connectivity index (χ4n) is 4.24. The Morgan fingerprint density at radius 3 is 2.77 bits per heavy atom. The minimum absolute atomic E-state index is 0.00788. The third-order valence-electron chi connectivity index (χ3n) is 5.59. The van der Waals surface area contributed by atoms with Crippen LogP contribution in [0.5, 0.6) is 5.88 Å². The predicted octanol–water partition coefficient (Wildman–Crippen LogP) is 3.73. The molecule has 0 bridgehead atoms. The van der Waals surface area contributed by atoms with Crippen molar-refractivity contribution in [2.45, 2.75) is 57.0 Å². The number of aromatic nitrogens is 2. The summed E-state index contributed by atoms with van der Waals surface area (Å²) in [7, 11) is 0. The second kappa shape index (κ2) is 7.35. The van der Waals surface area contributed by atoms with Gasteiger partial charge in [-0.1, -0.05) is 18.9 Å². The van der Waals surface area contributed by atoms with Crippen LogP contribution in [0.15, 0.2) is 29.6 Å². The van der Waals surface area contributed by atoms with Gasteiger partial charge < -0.3 is 9.64 Å².